The average molecular weight is 515 g/mol. The lowest BCUT2D eigenvalue weighted by molar-refractivity contribution is 0.0852. The smallest absolute Gasteiger partial charge is 0.200 e. The van der Waals surface area contributed by atoms with Crippen molar-refractivity contribution in [2.24, 2.45) is 0 Å². The Morgan fingerprint density at radius 1 is 1.00 bits per heavy atom. The number of phenolic OH excluding ortho intramolecular Hbond substituents is 1. The van der Waals surface area contributed by atoms with E-state index in [0.29, 0.717) is 44.0 Å². The van der Waals surface area contributed by atoms with Crippen molar-refractivity contribution >= 4 is 5.78 Å². The summed E-state index contributed by atoms with van der Waals surface area (Å²) in [5, 5.41) is 21.0. The maximum absolute atomic E-state index is 13.1. The van der Waals surface area contributed by atoms with E-state index in [9.17, 15) is 19.4 Å². The number of hydrogen-bond donors (Lipinski definition) is 2. The Hall–Kier alpha value is -3.10. The van der Waals surface area contributed by atoms with Gasteiger partial charge in [0.25, 0.3) is 0 Å². The van der Waals surface area contributed by atoms with Crippen LogP contribution in [0, 0.1) is 5.82 Å². The molecule has 202 valence electrons. The minimum atomic E-state index is -0.679. The van der Waals surface area contributed by atoms with Crippen LogP contribution >= 0.6 is 0 Å². The molecule has 1 fully saturated rings. The van der Waals surface area contributed by atoms with Gasteiger partial charge in [-0.15, -0.1) is 0 Å². The zero-order valence-corrected chi connectivity index (χ0v) is 21.9. The monoisotopic (exact) mass is 514 g/mol. The van der Waals surface area contributed by atoms with Crippen LogP contribution in [0.15, 0.2) is 48.7 Å². The van der Waals surface area contributed by atoms with Crippen LogP contribution in [0.2, 0.25) is 0 Å². The highest BCUT2D eigenvalue weighted by atomic mass is 19.1. The summed E-state index contributed by atoms with van der Waals surface area (Å²) >= 11 is 0. The molecule has 1 saturated heterocycles. The highest BCUT2D eigenvalue weighted by Gasteiger charge is 2.20. The molecule has 0 saturated carbocycles. The molecule has 0 aliphatic carbocycles. The Bertz CT molecular complexity index is 988. The molecule has 8 heteroatoms. The van der Waals surface area contributed by atoms with Crippen LogP contribution < -0.4 is 9.47 Å². The summed E-state index contributed by atoms with van der Waals surface area (Å²) in [5.41, 5.74) is 1.09. The van der Waals surface area contributed by atoms with Gasteiger partial charge in [0.2, 0.25) is 5.75 Å². The molecule has 0 bridgehead atoms. The third kappa shape index (κ3) is 8.76. The van der Waals surface area contributed by atoms with Crippen LogP contribution in [-0.2, 0) is 0 Å². The summed E-state index contributed by atoms with van der Waals surface area (Å²) in [6, 6.07) is 9.06. The van der Waals surface area contributed by atoms with Crippen molar-refractivity contribution in [2.75, 3.05) is 45.9 Å². The third-order valence-electron chi connectivity index (χ3n) is 6.36. The number of rotatable bonds is 14. The molecular formula is C29H39FN2O5. The molecular weight excluding hydrogens is 475 g/mol. The van der Waals surface area contributed by atoms with Crippen LogP contribution in [-0.4, -0.2) is 71.7 Å². The van der Waals surface area contributed by atoms with Crippen LogP contribution in [0.1, 0.15) is 61.6 Å². The van der Waals surface area contributed by atoms with Crippen molar-refractivity contribution < 1.29 is 28.9 Å². The number of nitrogens with zero attached hydrogens (tertiary/aromatic N) is 2. The number of ketones is 1. The Morgan fingerprint density at radius 3 is 2.11 bits per heavy atom. The van der Waals surface area contributed by atoms with Gasteiger partial charge in [-0.3, -0.25) is 9.69 Å². The molecule has 37 heavy (non-hydrogen) atoms. The summed E-state index contributed by atoms with van der Waals surface area (Å²) in [5.74, 6) is -0.0831. The lowest BCUT2D eigenvalue weighted by atomic mass is 10.1. The number of carbonyl (C=O) groups is 1. The summed E-state index contributed by atoms with van der Waals surface area (Å²) in [6.45, 7) is 8.39. The summed E-state index contributed by atoms with van der Waals surface area (Å²) in [7, 11) is 0. The van der Waals surface area contributed by atoms with Crippen LogP contribution in [0.5, 0.6) is 17.2 Å². The van der Waals surface area contributed by atoms with Crippen LogP contribution in [0.3, 0.4) is 0 Å². The van der Waals surface area contributed by atoms with Crippen molar-refractivity contribution in [1.82, 2.24) is 9.80 Å². The summed E-state index contributed by atoms with van der Waals surface area (Å²) in [6.07, 6.45) is 6.24. The molecule has 7 nitrogen and oxygen atoms in total. The maximum Gasteiger partial charge on any atom is 0.200 e. The van der Waals surface area contributed by atoms with Gasteiger partial charge < -0.3 is 24.6 Å². The standard InChI is InChI=1S/C29H39FN2O5/c1-3-5-17-36-27-19-23(20-28(29(27)35)37-18-6-4-2)25(33)11-12-31-13-15-32(16-14-31)21-26(34)22-7-9-24(30)10-8-22/h7-12,19-20,26,34-35H,3-6,13-18,21H2,1-2H3. The molecule has 1 heterocycles. The lowest BCUT2D eigenvalue weighted by Crippen LogP contribution is -2.45. The first kappa shape index (κ1) is 28.5. The van der Waals surface area contributed by atoms with E-state index in [4.69, 9.17) is 9.47 Å². The van der Waals surface area contributed by atoms with Crippen molar-refractivity contribution in [1.29, 1.82) is 0 Å². The number of β-amino-alcohol motifs (C(OH)–C–C–N with tert-alkyl or cyclic N) is 1. The molecule has 1 aliphatic rings. The average Bonchev–Trinajstić information content (AvgIpc) is 2.90. The molecule has 0 amide bonds. The molecule has 2 N–H and O–H groups in total. The normalized spacial score (nSPS) is 15.2. The van der Waals surface area contributed by atoms with Crippen molar-refractivity contribution in [3.05, 3.63) is 65.6 Å². The van der Waals surface area contributed by atoms with Gasteiger partial charge in [-0.2, -0.15) is 0 Å². The van der Waals surface area contributed by atoms with Gasteiger partial charge >= 0.3 is 0 Å². The maximum atomic E-state index is 13.1. The Morgan fingerprint density at radius 2 is 1.57 bits per heavy atom. The zero-order chi connectivity index (χ0) is 26.6. The number of aliphatic hydroxyl groups excluding tert-OH is 1. The van der Waals surface area contributed by atoms with Gasteiger partial charge in [-0.05, 0) is 42.7 Å². The van der Waals surface area contributed by atoms with E-state index in [-0.39, 0.29) is 28.8 Å². The predicted octanol–water partition coefficient (Wildman–Crippen LogP) is 4.94. The fraction of sp³-hybridized carbons (Fsp3) is 0.483. The first-order valence-corrected chi connectivity index (χ1v) is 13.2. The van der Waals surface area contributed by atoms with Gasteiger partial charge in [-0.25, -0.2) is 4.39 Å². The van der Waals surface area contributed by atoms with Crippen LogP contribution in [0.4, 0.5) is 4.39 Å². The number of ether oxygens (including phenoxy) is 2. The quantitative estimate of drug-likeness (QED) is 0.210. The highest BCUT2D eigenvalue weighted by Crippen LogP contribution is 2.38. The Balaban J connectivity index is 1.58. The molecule has 1 atom stereocenters. The summed E-state index contributed by atoms with van der Waals surface area (Å²) in [4.78, 5) is 17.2. The second-order valence-corrected chi connectivity index (χ2v) is 9.31. The fourth-order valence-corrected chi connectivity index (χ4v) is 4.00. The van der Waals surface area contributed by atoms with Crippen LogP contribution in [0.25, 0.3) is 0 Å². The fourth-order valence-electron chi connectivity index (χ4n) is 4.00. The SMILES string of the molecule is CCCCOc1cc(C(=O)C=CN2CCN(CC(O)c3ccc(F)cc3)CC2)cc(OCCCC)c1O. The van der Waals surface area contributed by atoms with Gasteiger partial charge in [0.15, 0.2) is 17.3 Å². The molecule has 3 rings (SSSR count). The van der Waals surface area contributed by atoms with E-state index >= 15 is 0 Å². The third-order valence-corrected chi connectivity index (χ3v) is 6.36. The van der Waals surface area contributed by atoms with Gasteiger partial charge in [0, 0.05) is 50.6 Å². The molecule has 2 aromatic rings. The van der Waals surface area contributed by atoms with Crippen molar-refractivity contribution in [2.45, 2.75) is 45.6 Å². The molecule has 2 aromatic carbocycles. The number of benzene rings is 2. The highest BCUT2D eigenvalue weighted by molar-refractivity contribution is 6.05. The number of phenols is 1. The zero-order valence-electron chi connectivity index (χ0n) is 21.9. The predicted molar refractivity (Wildman–Crippen MR) is 142 cm³/mol. The van der Waals surface area contributed by atoms with E-state index in [1.807, 2.05) is 0 Å². The Kier molecular flexibility index (Phi) is 11.2. The van der Waals surface area contributed by atoms with Crippen molar-refractivity contribution in [3.8, 4) is 17.2 Å². The molecule has 0 aromatic heterocycles. The largest absolute Gasteiger partial charge is 0.502 e. The minimum absolute atomic E-state index is 0.0771. The number of hydrogen-bond acceptors (Lipinski definition) is 7. The number of aromatic hydroxyl groups is 1. The van der Waals surface area contributed by atoms with E-state index in [1.165, 1.54) is 18.2 Å². The molecule has 1 unspecified atom stereocenters. The molecule has 1 aliphatic heterocycles. The van der Waals surface area contributed by atoms with Gasteiger partial charge in [0.1, 0.15) is 5.82 Å². The first-order valence-electron chi connectivity index (χ1n) is 13.2. The number of carbonyl (C=O) groups excluding carboxylic acids is 1. The Labute approximate surface area is 219 Å². The van der Waals surface area contributed by atoms with E-state index in [1.54, 1.807) is 30.5 Å². The van der Waals surface area contributed by atoms with Crippen molar-refractivity contribution in [3.63, 3.8) is 0 Å². The molecule has 0 radical (unpaired) electrons. The topological polar surface area (TPSA) is 82.5 Å². The van der Waals surface area contributed by atoms with Gasteiger partial charge in [-0.1, -0.05) is 38.8 Å². The lowest BCUT2D eigenvalue weighted by Gasteiger charge is -2.35. The van der Waals surface area contributed by atoms with E-state index in [2.05, 4.69) is 23.6 Å². The summed E-state index contributed by atoms with van der Waals surface area (Å²) < 4.78 is 24.6. The number of allylic oxidation sites excluding steroid dienone is 1. The second-order valence-electron chi connectivity index (χ2n) is 9.31. The second kappa shape index (κ2) is 14.6. The first-order chi connectivity index (χ1) is 17.9. The molecule has 0 spiro atoms. The van der Waals surface area contributed by atoms with Gasteiger partial charge in [0.05, 0.1) is 19.3 Å². The number of aliphatic hydroxyl groups is 1. The number of piperazine rings is 1. The number of halogens is 1. The number of unbranched alkanes of at least 4 members (excludes halogenated alkanes) is 2. The van der Waals surface area contributed by atoms with E-state index in [0.717, 1.165) is 38.8 Å². The van der Waals surface area contributed by atoms with E-state index < -0.39 is 6.10 Å². The minimum Gasteiger partial charge on any atom is -0.502 e.